The van der Waals surface area contributed by atoms with E-state index in [2.05, 4.69) is 41.7 Å². The van der Waals surface area contributed by atoms with Gasteiger partial charge in [0.1, 0.15) is 0 Å². The molecule has 0 rings (SSSR count). The lowest BCUT2D eigenvalue weighted by molar-refractivity contribution is -0.121. The van der Waals surface area contributed by atoms with Gasteiger partial charge in [-0.1, -0.05) is 33.6 Å². The summed E-state index contributed by atoms with van der Waals surface area (Å²) in [6.45, 7) is 12.8. The second-order valence-electron chi connectivity index (χ2n) is 5.46. The summed E-state index contributed by atoms with van der Waals surface area (Å²) in [6, 6.07) is 0.245. The van der Waals surface area contributed by atoms with E-state index in [9.17, 15) is 4.79 Å². The summed E-state index contributed by atoms with van der Waals surface area (Å²) in [5.41, 5.74) is 0. The lowest BCUT2D eigenvalue weighted by Gasteiger charge is -2.15. The van der Waals surface area contributed by atoms with Gasteiger partial charge in [0.2, 0.25) is 5.91 Å². The second-order valence-corrected chi connectivity index (χ2v) is 5.46. The predicted molar refractivity (Wildman–Crippen MR) is 90.6 cm³/mol. The van der Waals surface area contributed by atoms with E-state index in [1.54, 1.807) is 0 Å². The molecule has 0 aromatic heterocycles. The first-order valence-corrected chi connectivity index (χ1v) is 8.38. The highest BCUT2D eigenvalue weighted by molar-refractivity contribution is 5.81. The molecule has 0 saturated heterocycles. The molecule has 0 aliphatic rings. The summed E-state index contributed by atoms with van der Waals surface area (Å²) in [7, 11) is 0. The van der Waals surface area contributed by atoms with Gasteiger partial charge in [0.05, 0.1) is 0 Å². The molecule has 0 saturated carbocycles. The van der Waals surface area contributed by atoms with Gasteiger partial charge in [0.15, 0.2) is 5.96 Å². The number of guanidine groups is 1. The topological polar surface area (TPSA) is 65.5 Å². The van der Waals surface area contributed by atoms with Crippen molar-refractivity contribution in [2.45, 2.75) is 66.3 Å². The van der Waals surface area contributed by atoms with Crippen LogP contribution in [0.4, 0.5) is 0 Å². The molecule has 5 nitrogen and oxygen atoms in total. The molecule has 3 N–H and O–H groups in total. The van der Waals surface area contributed by atoms with Crippen molar-refractivity contribution in [1.82, 2.24) is 16.0 Å². The molecule has 0 heterocycles. The van der Waals surface area contributed by atoms with Gasteiger partial charge in [-0.05, 0) is 26.2 Å². The minimum absolute atomic E-state index is 0.0905. The van der Waals surface area contributed by atoms with Gasteiger partial charge in [0, 0.05) is 32.1 Å². The van der Waals surface area contributed by atoms with E-state index >= 15 is 0 Å². The van der Waals surface area contributed by atoms with E-state index in [1.807, 2.05) is 13.8 Å². The van der Waals surface area contributed by atoms with Crippen molar-refractivity contribution in [1.29, 1.82) is 0 Å². The molecule has 0 aliphatic heterocycles. The van der Waals surface area contributed by atoms with E-state index in [0.717, 1.165) is 38.3 Å². The third kappa shape index (κ3) is 10.2. The Morgan fingerprint density at radius 3 is 2.24 bits per heavy atom. The van der Waals surface area contributed by atoms with Crippen LogP contribution >= 0.6 is 0 Å². The fraction of sp³-hybridized carbons (Fsp3) is 0.875. The number of hydrogen-bond donors (Lipinski definition) is 3. The molecule has 1 atom stereocenters. The van der Waals surface area contributed by atoms with E-state index in [4.69, 9.17) is 0 Å². The minimum Gasteiger partial charge on any atom is -0.357 e. The highest BCUT2D eigenvalue weighted by Gasteiger charge is 2.06. The van der Waals surface area contributed by atoms with Crippen LogP contribution in [-0.2, 0) is 4.79 Å². The normalized spacial score (nSPS) is 13.1. The molecule has 0 aromatic carbocycles. The summed E-state index contributed by atoms with van der Waals surface area (Å²) < 4.78 is 0. The molecule has 0 aliphatic carbocycles. The fourth-order valence-corrected chi connectivity index (χ4v) is 1.85. The molecule has 0 spiro atoms. The average molecular weight is 298 g/mol. The van der Waals surface area contributed by atoms with Crippen LogP contribution in [0.25, 0.3) is 0 Å². The molecule has 0 fully saturated rings. The first-order valence-electron chi connectivity index (χ1n) is 8.38. The largest absolute Gasteiger partial charge is 0.357 e. The van der Waals surface area contributed by atoms with Crippen molar-refractivity contribution in [2.75, 3.05) is 19.6 Å². The van der Waals surface area contributed by atoms with Gasteiger partial charge in [-0.25, -0.2) is 0 Å². The Morgan fingerprint density at radius 2 is 1.71 bits per heavy atom. The molecule has 0 radical (unpaired) electrons. The zero-order valence-corrected chi connectivity index (χ0v) is 14.5. The summed E-state index contributed by atoms with van der Waals surface area (Å²) in [5.74, 6) is 1.53. The molecule has 124 valence electrons. The van der Waals surface area contributed by atoms with E-state index < -0.39 is 0 Å². The van der Waals surface area contributed by atoms with Crippen LogP contribution in [0, 0.1) is 5.92 Å². The van der Waals surface area contributed by atoms with E-state index in [1.165, 1.54) is 0 Å². The number of nitrogens with zero attached hydrogens (tertiary/aromatic N) is 1. The third-order valence-electron chi connectivity index (χ3n) is 3.67. The maximum Gasteiger partial charge on any atom is 0.221 e. The maximum atomic E-state index is 11.7. The van der Waals surface area contributed by atoms with Crippen LogP contribution in [0.2, 0.25) is 0 Å². The predicted octanol–water partition coefficient (Wildman–Crippen LogP) is 2.28. The molecule has 0 bridgehead atoms. The number of hydrogen-bond acceptors (Lipinski definition) is 2. The van der Waals surface area contributed by atoms with Gasteiger partial charge in [-0.3, -0.25) is 9.79 Å². The standard InChI is InChI=1S/C16H34N4O/c1-6-13(5)20-15(21)10-11-18-16(17-9-4)19-12-14(7-2)8-3/h13-14H,6-12H2,1-5H3,(H,20,21)(H2,17,18,19). The second kappa shape index (κ2) is 12.5. The van der Waals surface area contributed by atoms with Crippen molar-refractivity contribution in [3.63, 3.8) is 0 Å². The van der Waals surface area contributed by atoms with Crippen LogP contribution in [0.15, 0.2) is 4.99 Å². The quantitative estimate of drug-likeness (QED) is 0.428. The molecular weight excluding hydrogens is 264 g/mol. The summed E-state index contributed by atoms with van der Waals surface area (Å²) in [4.78, 5) is 16.3. The van der Waals surface area contributed by atoms with Gasteiger partial charge < -0.3 is 16.0 Å². The molecule has 1 amide bonds. The molecular formula is C16H34N4O. The van der Waals surface area contributed by atoms with E-state index in [0.29, 0.717) is 18.9 Å². The van der Waals surface area contributed by atoms with Crippen molar-refractivity contribution in [3.05, 3.63) is 0 Å². The Bertz CT molecular complexity index is 301. The number of nitrogens with one attached hydrogen (secondary N) is 3. The first-order chi connectivity index (χ1) is 10.1. The van der Waals surface area contributed by atoms with Crippen molar-refractivity contribution >= 4 is 11.9 Å². The Morgan fingerprint density at radius 1 is 1.05 bits per heavy atom. The Kier molecular flexibility index (Phi) is 11.7. The van der Waals surface area contributed by atoms with Gasteiger partial charge in [-0.2, -0.15) is 0 Å². The molecule has 1 unspecified atom stereocenters. The lowest BCUT2D eigenvalue weighted by atomic mass is 10.0. The lowest BCUT2D eigenvalue weighted by Crippen LogP contribution is -2.40. The summed E-state index contributed by atoms with van der Waals surface area (Å²) in [5, 5.41) is 9.41. The zero-order valence-electron chi connectivity index (χ0n) is 14.5. The minimum atomic E-state index is 0.0905. The highest BCUT2D eigenvalue weighted by atomic mass is 16.1. The maximum absolute atomic E-state index is 11.7. The van der Waals surface area contributed by atoms with Gasteiger partial charge in [-0.15, -0.1) is 0 Å². The van der Waals surface area contributed by atoms with Crippen LogP contribution in [-0.4, -0.2) is 37.5 Å². The molecule has 21 heavy (non-hydrogen) atoms. The molecule has 0 aromatic rings. The number of amides is 1. The number of carbonyl (C=O) groups excluding carboxylic acids is 1. The number of rotatable bonds is 10. The zero-order chi connectivity index (χ0) is 16.1. The monoisotopic (exact) mass is 298 g/mol. The van der Waals surface area contributed by atoms with Crippen LogP contribution in [0.5, 0.6) is 0 Å². The van der Waals surface area contributed by atoms with Crippen LogP contribution in [0.1, 0.15) is 60.3 Å². The summed E-state index contributed by atoms with van der Waals surface area (Å²) >= 11 is 0. The first kappa shape index (κ1) is 19.7. The smallest absolute Gasteiger partial charge is 0.221 e. The van der Waals surface area contributed by atoms with Gasteiger partial charge >= 0.3 is 0 Å². The Hall–Kier alpha value is -1.26. The number of carbonyl (C=O) groups is 1. The van der Waals surface area contributed by atoms with Gasteiger partial charge in [0.25, 0.3) is 0 Å². The number of aliphatic imine (C=N–C) groups is 1. The van der Waals surface area contributed by atoms with Crippen molar-refractivity contribution in [3.8, 4) is 0 Å². The van der Waals surface area contributed by atoms with Crippen LogP contribution < -0.4 is 16.0 Å². The highest BCUT2D eigenvalue weighted by Crippen LogP contribution is 2.06. The van der Waals surface area contributed by atoms with Crippen LogP contribution in [0.3, 0.4) is 0 Å². The average Bonchev–Trinajstić information content (AvgIpc) is 2.47. The molecule has 5 heteroatoms. The Balaban J connectivity index is 4.14. The fourth-order valence-electron chi connectivity index (χ4n) is 1.85. The summed E-state index contributed by atoms with van der Waals surface area (Å²) in [6.07, 6.45) is 3.73. The third-order valence-corrected chi connectivity index (χ3v) is 3.67. The van der Waals surface area contributed by atoms with Crippen molar-refractivity contribution in [2.24, 2.45) is 10.9 Å². The van der Waals surface area contributed by atoms with E-state index in [-0.39, 0.29) is 11.9 Å². The van der Waals surface area contributed by atoms with Crippen molar-refractivity contribution < 1.29 is 4.79 Å². The Labute approximate surface area is 130 Å². The SMILES string of the molecule is CCNC(=NCC(CC)CC)NCCC(=O)NC(C)CC.